The summed E-state index contributed by atoms with van der Waals surface area (Å²) in [6.07, 6.45) is 0.0268. The number of carboxylic acid groups (broad SMARTS) is 1. The average Bonchev–Trinajstić information content (AvgIpc) is 2.75. The Labute approximate surface area is 118 Å². The van der Waals surface area contributed by atoms with Crippen LogP contribution in [0.1, 0.15) is 12.0 Å². The number of nitrogens with zero attached hydrogens (tertiary/aromatic N) is 1. The summed E-state index contributed by atoms with van der Waals surface area (Å²) in [6.45, 7) is 2.63. The average molecular weight is 299 g/mol. The first-order valence-electron chi connectivity index (χ1n) is 6.31. The molecule has 1 N–H and O–H groups in total. The smallest absolute Gasteiger partial charge is 0.317 e. The normalized spacial score (nSPS) is 20.1. The number of likely N-dealkylation sites (tertiary alicyclic amines) is 1. The summed E-state index contributed by atoms with van der Waals surface area (Å²) in [5.41, 5.74) is 0.970. The highest BCUT2D eigenvalue weighted by Gasteiger charge is 2.29. The van der Waals surface area contributed by atoms with Gasteiger partial charge in [0.05, 0.1) is 17.5 Å². The summed E-state index contributed by atoms with van der Waals surface area (Å²) in [4.78, 5) is 12.4. The summed E-state index contributed by atoms with van der Waals surface area (Å²) in [6, 6.07) is 6.44. The van der Waals surface area contributed by atoms with Crippen LogP contribution in [-0.4, -0.2) is 50.1 Å². The molecule has 0 radical (unpaired) electrons. The third-order valence-corrected chi connectivity index (χ3v) is 4.54. The van der Waals surface area contributed by atoms with Crippen LogP contribution in [0.4, 0.5) is 0 Å². The van der Waals surface area contributed by atoms with E-state index < -0.39 is 22.2 Å². The Morgan fingerprint density at radius 1 is 1.40 bits per heavy atom. The van der Waals surface area contributed by atoms with Gasteiger partial charge in [-0.05, 0) is 25.5 Å². The molecular formula is C13H17NO5S. The Balaban J connectivity index is 1.99. The second-order valence-corrected chi connectivity index (χ2v) is 6.48. The number of carbonyl (C=O) groups is 1. The lowest BCUT2D eigenvalue weighted by Gasteiger charge is -2.14. The number of carboxylic acids is 1. The number of aryl methyl sites for hydroxylation is 1. The summed E-state index contributed by atoms with van der Waals surface area (Å²) in [5, 5.41) is 8.70. The van der Waals surface area contributed by atoms with Gasteiger partial charge in [0.2, 0.25) is 0 Å². The largest absolute Gasteiger partial charge is 0.480 e. The van der Waals surface area contributed by atoms with Crippen molar-refractivity contribution in [1.82, 2.24) is 4.90 Å². The molecule has 0 aliphatic carbocycles. The number of aliphatic carboxylic acids is 1. The molecule has 1 aromatic carbocycles. The molecule has 0 bridgehead atoms. The monoisotopic (exact) mass is 299 g/mol. The molecule has 0 aromatic heterocycles. The number of hydrogen-bond acceptors (Lipinski definition) is 5. The minimum Gasteiger partial charge on any atom is -0.480 e. The van der Waals surface area contributed by atoms with E-state index in [1.807, 2.05) is 6.92 Å². The topological polar surface area (TPSA) is 83.9 Å². The molecule has 20 heavy (non-hydrogen) atoms. The lowest BCUT2D eigenvalue weighted by molar-refractivity contribution is -0.138. The van der Waals surface area contributed by atoms with Crippen molar-refractivity contribution >= 4 is 16.1 Å². The van der Waals surface area contributed by atoms with Crippen LogP contribution in [0.15, 0.2) is 29.2 Å². The Bertz CT molecular complexity index is 581. The first kappa shape index (κ1) is 15.0. The SMILES string of the molecule is Cc1ccc(S(=O)(=O)O[C@@H]2CCN(CC(=O)O)C2)cc1. The molecule has 1 aliphatic heterocycles. The first-order valence-corrected chi connectivity index (χ1v) is 7.72. The molecule has 0 saturated carbocycles. The van der Waals surface area contributed by atoms with Gasteiger partial charge in [-0.1, -0.05) is 17.7 Å². The van der Waals surface area contributed by atoms with Gasteiger partial charge in [-0.15, -0.1) is 0 Å². The lowest BCUT2D eigenvalue weighted by Crippen LogP contribution is -2.29. The molecule has 1 atom stereocenters. The van der Waals surface area contributed by atoms with Crippen LogP contribution in [0.5, 0.6) is 0 Å². The van der Waals surface area contributed by atoms with Crippen molar-refractivity contribution in [3.8, 4) is 0 Å². The van der Waals surface area contributed by atoms with Crippen LogP contribution in [0.3, 0.4) is 0 Å². The van der Waals surface area contributed by atoms with Crippen molar-refractivity contribution in [3.05, 3.63) is 29.8 Å². The van der Waals surface area contributed by atoms with E-state index in [9.17, 15) is 13.2 Å². The van der Waals surface area contributed by atoms with Gasteiger partial charge in [-0.25, -0.2) is 0 Å². The predicted octanol–water partition coefficient (Wildman–Crippen LogP) is 0.859. The van der Waals surface area contributed by atoms with E-state index in [-0.39, 0.29) is 11.4 Å². The molecule has 1 fully saturated rings. The standard InChI is InChI=1S/C13H17NO5S/c1-10-2-4-12(5-3-10)20(17,18)19-11-6-7-14(8-11)9-13(15)16/h2-5,11H,6-9H2,1H3,(H,15,16)/t11-/m1/s1. The van der Waals surface area contributed by atoms with Gasteiger partial charge < -0.3 is 5.11 Å². The summed E-state index contributed by atoms with van der Waals surface area (Å²) < 4.78 is 29.3. The predicted molar refractivity (Wildman–Crippen MR) is 71.9 cm³/mol. The molecule has 1 heterocycles. The molecule has 0 amide bonds. The van der Waals surface area contributed by atoms with Crippen molar-refractivity contribution < 1.29 is 22.5 Å². The van der Waals surface area contributed by atoms with E-state index in [4.69, 9.17) is 9.29 Å². The fraction of sp³-hybridized carbons (Fsp3) is 0.462. The maximum atomic E-state index is 12.1. The maximum absolute atomic E-state index is 12.1. The molecule has 1 aliphatic rings. The highest BCUT2D eigenvalue weighted by Crippen LogP contribution is 2.20. The van der Waals surface area contributed by atoms with E-state index in [0.29, 0.717) is 19.5 Å². The minimum absolute atomic E-state index is 0.0928. The summed E-state index contributed by atoms with van der Waals surface area (Å²) in [7, 11) is -3.79. The zero-order chi connectivity index (χ0) is 14.8. The molecule has 110 valence electrons. The number of rotatable bonds is 5. The van der Waals surface area contributed by atoms with E-state index in [0.717, 1.165) is 5.56 Å². The lowest BCUT2D eigenvalue weighted by atomic mass is 10.2. The van der Waals surface area contributed by atoms with Crippen LogP contribution in [-0.2, 0) is 19.1 Å². The molecule has 2 rings (SSSR count). The van der Waals surface area contributed by atoms with Crippen molar-refractivity contribution in [1.29, 1.82) is 0 Å². The van der Waals surface area contributed by atoms with E-state index in [1.54, 1.807) is 17.0 Å². The zero-order valence-corrected chi connectivity index (χ0v) is 12.0. The van der Waals surface area contributed by atoms with Crippen molar-refractivity contribution in [3.63, 3.8) is 0 Å². The Morgan fingerprint density at radius 3 is 2.65 bits per heavy atom. The Hall–Kier alpha value is -1.44. The molecule has 7 heteroatoms. The van der Waals surface area contributed by atoms with Gasteiger partial charge in [0.25, 0.3) is 10.1 Å². The van der Waals surface area contributed by atoms with Gasteiger partial charge in [0.1, 0.15) is 0 Å². The first-order chi connectivity index (χ1) is 9.37. The summed E-state index contributed by atoms with van der Waals surface area (Å²) in [5.74, 6) is -0.924. The molecule has 1 saturated heterocycles. The quantitative estimate of drug-likeness (QED) is 0.812. The van der Waals surface area contributed by atoms with Crippen LogP contribution in [0.2, 0.25) is 0 Å². The van der Waals surface area contributed by atoms with Crippen LogP contribution >= 0.6 is 0 Å². The molecule has 6 nitrogen and oxygen atoms in total. The van der Waals surface area contributed by atoms with Crippen LogP contribution in [0.25, 0.3) is 0 Å². The van der Waals surface area contributed by atoms with Gasteiger partial charge in [-0.2, -0.15) is 8.42 Å². The second kappa shape index (κ2) is 5.90. The Kier molecular flexibility index (Phi) is 4.42. The van der Waals surface area contributed by atoms with Crippen LogP contribution in [0, 0.1) is 6.92 Å². The van der Waals surface area contributed by atoms with Gasteiger partial charge in [0, 0.05) is 13.1 Å². The fourth-order valence-electron chi connectivity index (χ4n) is 2.15. The van der Waals surface area contributed by atoms with E-state index in [2.05, 4.69) is 0 Å². The third-order valence-electron chi connectivity index (χ3n) is 3.16. The maximum Gasteiger partial charge on any atom is 0.317 e. The van der Waals surface area contributed by atoms with Crippen molar-refractivity contribution in [2.24, 2.45) is 0 Å². The Morgan fingerprint density at radius 2 is 2.05 bits per heavy atom. The summed E-state index contributed by atoms with van der Waals surface area (Å²) >= 11 is 0. The van der Waals surface area contributed by atoms with Crippen molar-refractivity contribution in [2.45, 2.75) is 24.3 Å². The fourth-order valence-corrected chi connectivity index (χ4v) is 3.25. The molecule has 0 unspecified atom stereocenters. The molecule has 1 aromatic rings. The van der Waals surface area contributed by atoms with Crippen molar-refractivity contribution in [2.75, 3.05) is 19.6 Å². The van der Waals surface area contributed by atoms with E-state index >= 15 is 0 Å². The molecular weight excluding hydrogens is 282 g/mol. The minimum atomic E-state index is -3.79. The molecule has 0 spiro atoms. The number of hydrogen-bond donors (Lipinski definition) is 1. The van der Waals surface area contributed by atoms with Gasteiger partial charge in [-0.3, -0.25) is 13.9 Å². The zero-order valence-electron chi connectivity index (χ0n) is 11.2. The van der Waals surface area contributed by atoms with E-state index in [1.165, 1.54) is 12.1 Å². The highest BCUT2D eigenvalue weighted by molar-refractivity contribution is 7.86. The number of benzene rings is 1. The van der Waals surface area contributed by atoms with Gasteiger partial charge >= 0.3 is 5.97 Å². The second-order valence-electron chi connectivity index (χ2n) is 4.90. The highest BCUT2D eigenvalue weighted by atomic mass is 32.2. The van der Waals surface area contributed by atoms with Crippen LogP contribution < -0.4 is 0 Å². The van der Waals surface area contributed by atoms with Gasteiger partial charge in [0.15, 0.2) is 0 Å². The third kappa shape index (κ3) is 3.78.